The van der Waals surface area contributed by atoms with Gasteiger partial charge in [0.2, 0.25) is 0 Å². The Kier molecular flexibility index (Phi) is 6.78. The average Bonchev–Trinajstić information content (AvgIpc) is 2.46. The van der Waals surface area contributed by atoms with E-state index in [0.29, 0.717) is 23.8 Å². The van der Waals surface area contributed by atoms with Crippen molar-refractivity contribution >= 4 is 29.2 Å². The summed E-state index contributed by atoms with van der Waals surface area (Å²) in [5.74, 6) is -0.433. The molecule has 0 bridgehead atoms. The van der Waals surface area contributed by atoms with Gasteiger partial charge in [-0.25, -0.2) is 4.79 Å². The molecule has 0 aliphatic carbocycles. The molecule has 1 aromatic carbocycles. The van der Waals surface area contributed by atoms with E-state index < -0.39 is 11.9 Å². The van der Waals surface area contributed by atoms with Crippen molar-refractivity contribution in [2.24, 2.45) is 0 Å². The lowest BCUT2D eigenvalue weighted by atomic mass is 10.2. The monoisotopic (exact) mass is 306 g/mol. The first-order valence-corrected chi connectivity index (χ1v) is 6.70. The van der Waals surface area contributed by atoms with Crippen molar-refractivity contribution < 1.29 is 9.59 Å². The Morgan fingerprint density at radius 3 is 2.52 bits per heavy atom. The quantitative estimate of drug-likeness (QED) is 0.440. The van der Waals surface area contributed by atoms with Crippen LogP contribution in [0.15, 0.2) is 41.6 Å². The van der Waals surface area contributed by atoms with Gasteiger partial charge >= 0.3 is 6.03 Å². The summed E-state index contributed by atoms with van der Waals surface area (Å²) in [4.78, 5) is 23.5. The van der Waals surface area contributed by atoms with Crippen molar-refractivity contribution in [3.8, 4) is 6.07 Å². The van der Waals surface area contributed by atoms with Gasteiger partial charge in [-0.2, -0.15) is 5.26 Å². The van der Waals surface area contributed by atoms with Crippen LogP contribution in [0, 0.1) is 11.3 Å². The zero-order chi connectivity index (χ0) is 15.7. The number of carbonyl (C=O) groups excluding carboxylic acids is 2. The summed E-state index contributed by atoms with van der Waals surface area (Å²) in [5, 5.41) is 16.4. The van der Waals surface area contributed by atoms with Gasteiger partial charge in [0, 0.05) is 23.8 Å². The van der Waals surface area contributed by atoms with E-state index >= 15 is 0 Å². The number of amides is 3. The number of nitriles is 1. The molecule has 7 heteroatoms. The highest BCUT2D eigenvalue weighted by Crippen LogP contribution is 2.05. The number of hydrogen-bond acceptors (Lipinski definition) is 4. The molecule has 0 unspecified atom stereocenters. The summed E-state index contributed by atoms with van der Waals surface area (Å²) in [6.07, 6.45) is 0. The van der Waals surface area contributed by atoms with Crippen molar-refractivity contribution in [1.82, 2.24) is 10.6 Å². The lowest BCUT2D eigenvalue weighted by molar-refractivity contribution is -0.116. The van der Waals surface area contributed by atoms with Gasteiger partial charge in [0.05, 0.1) is 0 Å². The van der Waals surface area contributed by atoms with Crippen LogP contribution >= 0.6 is 11.6 Å². The molecule has 0 atom stereocenters. The molecule has 3 amide bonds. The summed E-state index contributed by atoms with van der Waals surface area (Å²) in [5.41, 5.74) is 0.744. The molecule has 110 valence electrons. The Morgan fingerprint density at radius 1 is 1.29 bits per heavy atom. The molecule has 0 fully saturated rings. The predicted octanol–water partition coefficient (Wildman–Crippen LogP) is 1.96. The zero-order valence-corrected chi connectivity index (χ0v) is 12.2. The Morgan fingerprint density at radius 2 is 1.95 bits per heavy atom. The third kappa shape index (κ3) is 5.55. The minimum Gasteiger partial charge on any atom is -0.386 e. The van der Waals surface area contributed by atoms with E-state index in [0.717, 1.165) is 0 Å². The van der Waals surface area contributed by atoms with Crippen LogP contribution in [0.5, 0.6) is 0 Å². The summed E-state index contributed by atoms with van der Waals surface area (Å²) in [6.45, 7) is 1.99. The molecule has 0 heterocycles. The molecule has 0 aliphatic heterocycles. The molecule has 6 nitrogen and oxygen atoms in total. The molecule has 0 saturated carbocycles. The molecule has 1 rings (SSSR count). The molecule has 0 saturated heterocycles. The van der Waals surface area contributed by atoms with Crippen molar-refractivity contribution in [2.45, 2.75) is 6.92 Å². The Bertz CT molecular complexity index is 578. The fourth-order valence-corrected chi connectivity index (χ4v) is 1.57. The molecule has 0 radical (unpaired) electrons. The van der Waals surface area contributed by atoms with Crippen molar-refractivity contribution in [3.63, 3.8) is 0 Å². The number of allylic oxidation sites excluding steroid dienone is 1. The fourth-order valence-electron chi connectivity index (χ4n) is 1.48. The van der Waals surface area contributed by atoms with Crippen LogP contribution in [-0.2, 0) is 4.79 Å². The van der Waals surface area contributed by atoms with Crippen molar-refractivity contribution in [1.29, 1.82) is 5.26 Å². The number of imide groups is 1. The van der Waals surface area contributed by atoms with Gasteiger partial charge in [-0.15, -0.1) is 11.6 Å². The van der Waals surface area contributed by atoms with Gasteiger partial charge < -0.3 is 10.6 Å². The first-order valence-electron chi connectivity index (χ1n) is 6.16. The molecule has 3 N–H and O–H groups in total. The molecule has 0 spiro atoms. The van der Waals surface area contributed by atoms with Gasteiger partial charge in [-0.05, 0) is 19.1 Å². The van der Waals surface area contributed by atoms with Crippen LogP contribution in [0.4, 0.5) is 10.5 Å². The maximum absolute atomic E-state index is 11.9. The predicted molar refractivity (Wildman–Crippen MR) is 80.6 cm³/mol. The summed E-state index contributed by atoms with van der Waals surface area (Å²) >= 11 is 5.51. The van der Waals surface area contributed by atoms with E-state index in [2.05, 4.69) is 16.0 Å². The van der Waals surface area contributed by atoms with Gasteiger partial charge in [-0.1, -0.05) is 18.2 Å². The molecule has 21 heavy (non-hydrogen) atoms. The zero-order valence-electron chi connectivity index (χ0n) is 11.4. The van der Waals surface area contributed by atoms with Crippen LogP contribution < -0.4 is 16.0 Å². The normalized spacial score (nSPS) is 10.9. The van der Waals surface area contributed by atoms with Crippen molar-refractivity contribution in [2.75, 3.05) is 17.7 Å². The number of urea groups is 1. The van der Waals surface area contributed by atoms with E-state index in [9.17, 15) is 9.59 Å². The maximum Gasteiger partial charge on any atom is 0.326 e. The lowest BCUT2D eigenvalue weighted by Gasteiger charge is -2.09. The van der Waals surface area contributed by atoms with E-state index in [1.54, 1.807) is 43.3 Å². The highest BCUT2D eigenvalue weighted by Gasteiger charge is 2.15. The minimum atomic E-state index is -0.773. The van der Waals surface area contributed by atoms with Crippen LogP contribution in [0.1, 0.15) is 6.92 Å². The molecular formula is C14H15ClN4O2. The fraction of sp³-hybridized carbons (Fsp3) is 0.214. The standard InChI is InChI=1S/C14H15ClN4O2/c1-10(17-8-7-15)12(9-16)13(20)19-14(21)18-11-5-3-2-4-6-11/h2-6,17H,7-8H2,1H3,(H2,18,19,20,21)/b12-10+. The number of carbonyl (C=O) groups is 2. The lowest BCUT2D eigenvalue weighted by Crippen LogP contribution is -2.36. The SMILES string of the molecule is C/C(NCCCl)=C(/C#N)C(=O)NC(=O)Nc1ccccc1. The summed E-state index contributed by atoms with van der Waals surface area (Å²) in [7, 11) is 0. The Labute approximate surface area is 127 Å². The Hall–Kier alpha value is -2.52. The summed E-state index contributed by atoms with van der Waals surface area (Å²) in [6, 6.07) is 9.71. The number of anilines is 1. The number of alkyl halides is 1. The van der Waals surface area contributed by atoms with Crippen LogP contribution in [0.2, 0.25) is 0 Å². The third-order valence-corrected chi connectivity index (χ3v) is 2.65. The number of nitrogens with zero attached hydrogens (tertiary/aromatic N) is 1. The topological polar surface area (TPSA) is 94.0 Å². The van der Waals surface area contributed by atoms with Gasteiger partial charge in [0.15, 0.2) is 0 Å². The van der Waals surface area contributed by atoms with Crippen molar-refractivity contribution in [3.05, 3.63) is 41.6 Å². The number of hydrogen-bond donors (Lipinski definition) is 3. The largest absolute Gasteiger partial charge is 0.386 e. The number of halogens is 1. The van der Waals surface area contributed by atoms with Gasteiger partial charge in [0.25, 0.3) is 5.91 Å². The number of para-hydroxylation sites is 1. The number of nitrogens with one attached hydrogen (secondary N) is 3. The second-order valence-electron chi connectivity index (χ2n) is 4.00. The Balaban J connectivity index is 2.66. The maximum atomic E-state index is 11.9. The smallest absolute Gasteiger partial charge is 0.326 e. The summed E-state index contributed by atoms with van der Waals surface area (Å²) < 4.78 is 0. The van der Waals surface area contributed by atoms with Crippen LogP contribution in [0.3, 0.4) is 0 Å². The van der Waals surface area contributed by atoms with Gasteiger partial charge in [0.1, 0.15) is 11.6 Å². The van der Waals surface area contributed by atoms with E-state index in [1.807, 2.05) is 0 Å². The van der Waals surface area contributed by atoms with E-state index in [4.69, 9.17) is 16.9 Å². The second kappa shape index (κ2) is 8.61. The highest BCUT2D eigenvalue weighted by atomic mass is 35.5. The van der Waals surface area contributed by atoms with E-state index in [1.165, 1.54) is 0 Å². The average molecular weight is 307 g/mol. The third-order valence-electron chi connectivity index (χ3n) is 2.46. The van der Waals surface area contributed by atoms with Gasteiger partial charge in [-0.3, -0.25) is 10.1 Å². The van der Waals surface area contributed by atoms with Crippen LogP contribution in [0.25, 0.3) is 0 Å². The minimum absolute atomic E-state index is 0.164. The molecule has 0 aromatic heterocycles. The molecular weight excluding hydrogens is 292 g/mol. The number of benzene rings is 1. The van der Waals surface area contributed by atoms with E-state index in [-0.39, 0.29) is 5.57 Å². The number of rotatable bonds is 5. The second-order valence-corrected chi connectivity index (χ2v) is 4.38. The molecule has 0 aliphatic rings. The highest BCUT2D eigenvalue weighted by molar-refractivity contribution is 6.18. The first-order chi connectivity index (χ1) is 10.1. The van der Waals surface area contributed by atoms with Crippen LogP contribution in [-0.4, -0.2) is 24.4 Å². The molecule has 1 aromatic rings. The first kappa shape index (κ1) is 16.5.